The Morgan fingerprint density at radius 3 is 2.43 bits per heavy atom. The van der Waals surface area contributed by atoms with Crippen LogP contribution in [-0.4, -0.2) is 42.8 Å². The molecule has 2 rings (SSSR count). The first-order valence-corrected chi connectivity index (χ1v) is 7.71. The van der Waals surface area contributed by atoms with E-state index >= 15 is 0 Å². The molecule has 0 aromatic carbocycles. The van der Waals surface area contributed by atoms with E-state index in [0.29, 0.717) is 6.42 Å². The molecule has 1 fully saturated rings. The van der Waals surface area contributed by atoms with Crippen LogP contribution in [0.25, 0.3) is 0 Å². The third-order valence-corrected chi connectivity index (χ3v) is 4.09. The Balaban J connectivity index is 1.94. The normalized spacial score (nSPS) is 28.3. The van der Waals surface area contributed by atoms with Gasteiger partial charge in [0.15, 0.2) is 0 Å². The predicted molar refractivity (Wildman–Crippen MR) is 82.5 cm³/mol. The highest BCUT2D eigenvalue weighted by atomic mass is 16.6. The topological polar surface area (TPSA) is 93.7 Å². The van der Waals surface area contributed by atoms with Gasteiger partial charge in [-0.1, -0.05) is 12.2 Å². The number of nitrogens with one attached hydrogen (secondary N) is 2. The molecule has 2 bridgehead atoms. The summed E-state index contributed by atoms with van der Waals surface area (Å²) in [6.07, 6.45) is 4.70. The fourth-order valence-corrected chi connectivity index (χ4v) is 3.23. The Kier molecular flexibility index (Phi) is 4.68. The van der Waals surface area contributed by atoms with Gasteiger partial charge in [0, 0.05) is 5.92 Å². The number of hydrogen-bond donors (Lipinski definition) is 2. The standard InChI is InChI=1S/C16H24N2O5/c1-15(2,3)23-14(21)17-9-12(19)18-16(13(20)22-4)8-10-5-6-11(16)7-10/h5-6,10-11H,7-9H2,1-4H3,(H,17,21)(H,18,19)/t10-,11+,16+/m0/s1. The van der Waals surface area contributed by atoms with E-state index in [4.69, 9.17) is 9.47 Å². The van der Waals surface area contributed by atoms with Crippen LogP contribution >= 0.6 is 0 Å². The first kappa shape index (κ1) is 17.3. The lowest BCUT2D eigenvalue weighted by atomic mass is 9.84. The number of fused-ring (bicyclic) bond motifs is 2. The second-order valence-corrected chi connectivity index (χ2v) is 7.06. The number of hydrogen-bond acceptors (Lipinski definition) is 5. The predicted octanol–water partition coefficient (Wildman–Crippen LogP) is 1.14. The monoisotopic (exact) mass is 324 g/mol. The van der Waals surface area contributed by atoms with Crippen LogP contribution in [0.2, 0.25) is 0 Å². The average Bonchev–Trinajstić information content (AvgIpc) is 3.03. The van der Waals surface area contributed by atoms with Crippen molar-refractivity contribution in [3.05, 3.63) is 12.2 Å². The summed E-state index contributed by atoms with van der Waals surface area (Å²) in [5.41, 5.74) is -1.66. The molecule has 0 aliphatic heterocycles. The number of alkyl carbamates (subject to hydrolysis) is 1. The van der Waals surface area contributed by atoms with Gasteiger partial charge in [0.05, 0.1) is 7.11 Å². The van der Waals surface area contributed by atoms with Gasteiger partial charge < -0.3 is 20.1 Å². The van der Waals surface area contributed by atoms with Crippen LogP contribution in [0.4, 0.5) is 4.79 Å². The zero-order chi connectivity index (χ0) is 17.3. The van der Waals surface area contributed by atoms with Crippen molar-refractivity contribution in [2.45, 2.75) is 44.8 Å². The Morgan fingerprint density at radius 1 is 1.26 bits per heavy atom. The maximum atomic E-state index is 12.2. The molecule has 2 amide bonds. The Hall–Kier alpha value is -2.05. The van der Waals surface area contributed by atoms with Gasteiger partial charge in [-0.05, 0) is 39.5 Å². The van der Waals surface area contributed by atoms with Crippen LogP contribution in [0.5, 0.6) is 0 Å². The van der Waals surface area contributed by atoms with E-state index in [1.807, 2.05) is 6.08 Å². The summed E-state index contributed by atoms with van der Waals surface area (Å²) >= 11 is 0. The van der Waals surface area contributed by atoms with Crippen molar-refractivity contribution in [2.24, 2.45) is 11.8 Å². The second-order valence-electron chi connectivity index (χ2n) is 7.06. The molecule has 0 aromatic rings. The number of allylic oxidation sites excluding steroid dienone is 1. The maximum Gasteiger partial charge on any atom is 0.408 e. The van der Waals surface area contributed by atoms with Crippen molar-refractivity contribution in [1.29, 1.82) is 0 Å². The maximum absolute atomic E-state index is 12.2. The Morgan fingerprint density at radius 2 is 1.96 bits per heavy atom. The minimum absolute atomic E-state index is 0.0644. The van der Waals surface area contributed by atoms with Gasteiger partial charge in [0.2, 0.25) is 5.91 Å². The third-order valence-electron chi connectivity index (χ3n) is 4.09. The summed E-state index contributed by atoms with van der Waals surface area (Å²) in [6.45, 7) is 4.95. The van der Waals surface area contributed by atoms with Gasteiger partial charge in [0.1, 0.15) is 17.7 Å². The highest BCUT2D eigenvalue weighted by molar-refractivity contribution is 5.91. The Labute approximate surface area is 135 Å². The number of methoxy groups -OCH3 is 1. The van der Waals surface area contributed by atoms with Gasteiger partial charge in [-0.3, -0.25) is 4.79 Å². The number of carbonyl (C=O) groups is 3. The molecule has 2 aliphatic carbocycles. The number of rotatable bonds is 4. The third kappa shape index (κ3) is 3.83. The zero-order valence-corrected chi connectivity index (χ0v) is 14.0. The van der Waals surface area contributed by atoms with Crippen molar-refractivity contribution < 1.29 is 23.9 Å². The van der Waals surface area contributed by atoms with Gasteiger partial charge in [-0.15, -0.1) is 0 Å². The van der Waals surface area contributed by atoms with E-state index in [9.17, 15) is 14.4 Å². The molecular formula is C16H24N2O5. The molecule has 0 heterocycles. The number of ether oxygens (including phenoxy) is 2. The quantitative estimate of drug-likeness (QED) is 0.597. The number of amides is 2. The van der Waals surface area contributed by atoms with Crippen LogP contribution in [0.3, 0.4) is 0 Å². The average molecular weight is 324 g/mol. The zero-order valence-electron chi connectivity index (χ0n) is 14.0. The lowest BCUT2D eigenvalue weighted by Gasteiger charge is -2.33. The van der Waals surface area contributed by atoms with Gasteiger partial charge in [0.25, 0.3) is 0 Å². The van der Waals surface area contributed by atoms with E-state index < -0.39 is 29.1 Å². The van der Waals surface area contributed by atoms with Gasteiger partial charge in [-0.25, -0.2) is 9.59 Å². The summed E-state index contributed by atoms with van der Waals surface area (Å²) in [7, 11) is 1.31. The van der Waals surface area contributed by atoms with E-state index in [-0.39, 0.29) is 18.4 Å². The number of esters is 1. The van der Waals surface area contributed by atoms with Crippen LogP contribution in [0, 0.1) is 11.8 Å². The molecule has 2 N–H and O–H groups in total. The second kappa shape index (κ2) is 6.22. The van der Waals surface area contributed by atoms with E-state index in [1.54, 1.807) is 20.8 Å². The van der Waals surface area contributed by atoms with Gasteiger partial charge in [-0.2, -0.15) is 0 Å². The van der Waals surface area contributed by atoms with Crippen molar-refractivity contribution in [1.82, 2.24) is 10.6 Å². The summed E-state index contributed by atoms with van der Waals surface area (Å²) < 4.78 is 9.95. The van der Waals surface area contributed by atoms with Crippen LogP contribution in [-0.2, 0) is 19.1 Å². The fraction of sp³-hybridized carbons (Fsp3) is 0.688. The molecule has 0 saturated heterocycles. The smallest absolute Gasteiger partial charge is 0.408 e. The van der Waals surface area contributed by atoms with E-state index in [1.165, 1.54) is 7.11 Å². The summed E-state index contributed by atoms with van der Waals surface area (Å²) in [6, 6.07) is 0. The van der Waals surface area contributed by atoms with Crippen LogP contribution in [0.1, 0.15) is 33.6 Å². The molecule has 7 nitrogen and oxygen atoms in total. The molecule has 0 aromatic heterocycles. The summed E-state index contributed by atoms with van der Waals surface area (Å²) in [5, 5.41) is 5.15. The lowest BCUT2D eigenvalue weighted by Crippen LogP contribution is -2.59. The molecule has 0 radical (unpaired) electrons. The molecule has 23 heavy (non-hydrogen) atoms. The molecular weight excluding hydrogens is 300 g/mol. The highest BCUT2D eigenvalue weighted by Gasteiger charge is 2.55. The molecule has 128 valence electrons. The van der Waals surface area contributed by atoms with Crippen LogP contribution < -0.4 is 10.6 Å². The minimum atomic E-state index is -1.03. The van der Waals surface area contributed by atoms with Crippen molar-refractivity contribution in [2.75, 3.05) is 13.7 Å². The molecule has 7 heteroatoms. The van der Waals surface area contributed by atoms with E-state index in [0.717, 1.165) is 6.42 Å². The van der Waals surface area contributed by atoms with Crippen molar-refractivity contribution >= 4 is 18.0 Å². The molecule has 0 unspecified atom stereocenters. The molecule has 3 atom stereocenters. The SMILES string of the molecule is COC(=O)[C@@]1(NC(=O)CNC(=O)OC(C)(C)C)C[C@H]2C=C[C@@H]1C2. The fourth-order valence-electron chi connectivity index (χ4n) is 3.23. The molecule has 0 spiro atoms. The van der Waals surface area contributed by atoms with E-state index in [2.05, 4.69) is 16.7 Å². The summed E-state index contributed by atoms with van der Waals surface area (Å²) in [5.74, 6) is -0.675. The lowest BCUT2D eigenvalue weighted by molar-refractivity contribution is -0.152. The molecule has 2 aliphatic rings. The highest BCUT2D eigenvalue weighted by Crippen LogP contribution is 2.46. The first-order valence-electron chi connectivity index (χ1n) is 7.71. The van der Waals surface area contributed by atoms with Crippen molar-refractivity contribution in [3.8, 4) is 0 Å². The van der Waals surface area contributed by atoms with Crippen molar-refractivity contribution in [3.63, 3.8) is 0 Å². The van der Waals surface area contributed by atoms with Gasteiger partial charge >= 0.3 is 12.1 Å². The minimum Gasteiger partial charge on any atom is -0.467 e. The summed E-state index contributed by atoms with van der Waals surface area (Å²) in [4.78, 5) is 35.9. The largest absolute Gasteiger partial charge is 0.467 e. The molecule has 1 saturated carbocycles. The number of carbonyl (C=O) groups excluding carboxylic acids is 3. The van der Waals surface area contributed by atoms with Crippen LogP contribution in [0.15, 0.2) is 12.2 Å². The Bertz CT molecular complexity index is 537. The first-order chi connectivity index (χ1) is 10.7.